The zero-order valence-electron chi connectivity index (χ0n) is 10.6. The third-order valence-electron chi connectivity index (χ3n) is 3.34. The van der Waals surface area contributed by atoms with Gasteiger partial charge in [0.15, 0.2) is 0 Å². The Hall–Kier alpha value is -0.450. The molecule has 3 nitrogen and oxygen atoms in total. The summed E-state index contributed by atoms with van der Waals surface area (Å²) < 4.78 is 5.70. The van der Waals surface area contributed by atoms with Gasteiger partial charge < -0.3 is 10.1 Å². The summed E-state index contributed by atoms with van der Waals surface area (Å²) in [6, 6.07) is 0. The number of aromatic nitrogens is 1. The minimum atomic E-state index is 0.269. The van der Waals surface area contributed by atoms with Crippen molar-refractivity contribution < 1.29 is 4.74 Å². The first kappa shape index (κ1) is 13.0. The van der Waals surface area contributed by atoms with Crippen molar-refractivity contribution in [1.82, 2.24) is 10.3 Å². The summed E-state index contributed by atoms with van der Waals surface area (Å²) in [5, 5.41) is 6.86. The molecule has 2 rings (SSSR count). The molecule has 0 bridgehead atoms. The largest absolute Gasteiger partial charge is 0.381 e. The monoisotopic (exact) mass is 254 g/mol. The Bertz CT molecular complexity index is 307. The van der Waals surface area contributed by atoms with Crippen molar-refractivity contribution in [3.63, 3.8) is 0 Å². The quantitative estimate of drug-likeness (QED) is 0.792. The van der Waals surface area contributed by atoms with E-state index in [-0.39, 0.29) is 5.41 Å². The van der Waals surface area contributed by atoms with E-state index in [0.29, 0.717) is 0 Å². The van der Waals surface area contributed by atoms with Gasteiger partial charge in [0.2, 0.25) is 0 Å². The van der Waals surface area contributed by atoms with Crippen molar-refractivity contribution in [2.24, 2.45) is 5.41 Å². The van der Waals surface area contributed by atoms with E-state index in [1.807, 2.05) is 6.20 Å². The number of nitrogens with one attached hydrogen (secondary N) is 1. The Kier molecular flexibility index (Phi) is 4.95. The normalized spacial score (nSPS) is 25.0. The van der Waals surface area contributed by atoms with Crippen LogP contribution in [0.15, 0.2) is 11.6 Å². The Labute approximate surface area is 108 Å². The maximum Gasteiger partial charge on any atom is 0.0931 e. The maximum absolute atomic E-state index is 5.70. The molecule has 1 aromatic rings. The maximum atomic E-state index is 5.70. The van der Waals surface area contributed by atoms with Gasteiger partial charge in [-0.3, -0.25) is 0 Å². The minimum Gasteiger partial charge on any atom is -0.381 e. The van der Waals surface area contributed by atoms with Crippen molar-refractivity contribution in [1.29, 1.82) is 0 Å². The summed E-state index contributed by atoms with van der Waals surface area (Å²) in [5.41, 5.74) is 0.269. The van der Waals surface area contributed by atoms with Crippen LogP contribution in [0.5, 0.6) is 0 Å². The first-order chi connectivity index (χ1) is 8.35. The van der Waals surface area contributed by atoms with Crippen LogP contribution in [0.3, 0.4) is 0 Å². The number of hydrogen-bond donors (Lipinski definition) is 1. The molecule has 1 unspecified atom stereocenters. The molecule has 1 atom stereocenters. The van der Waals surface area contributed by atoms with Gasteiger partial charge in [0.05, 0.1) is 11.6 Å². The fourth-order valence-corrected chi connectivity index (χ4v) is 3.23. The highest BCUT2D eigenvalue weighted by Crippen LogP contribution is 2.32. The summed E-state index contributed by atoms with van der Waals surface area (Å²) in [6.07, 6.45) is 6.58. The molecule has 1 N–H and O–H groups in total. The van der Waals surface area contributed by atoms with Crippen LogP contribution in [0, 0.1) is 5.41 Å². The zero-order valence-corrected chi connectivity index (χ0v) is 11.4. The Balaban J connectivity index is 1.95. The van der Waals surface area contributed by atoms with Crippen molar-refractivity contribution in [3.8, 4) is 0 Å². The number of rotatable bonds is 6. The van der Waals surface area contributed by atoms with E-state index < -0.39 is 0 Å². The fourth-order valence-electron chi connectivity index (χ4n) is 2.44. The predicted octanol–water partition coefficient (Wildman–Crippen LogP) is 2.48. The Morgan fingerprint density at radius 2 is 2.53 bits per heavy atom. The van der Waals surface area contributed by atoms with Gasteiger partial charge in [0.1, 0.15) is 0 Å². The molecule has 0 amide bonds. The van der Waals surface area contributed by atoms with Gasteiger partial charge in [-0.2, -0.15) is 0 Å². The van der Waals surface area contributed by atoms with Crippen molar-refractivity contribution in [2.75, 3.05) is 26.3 Å². The number of ether oxygens (including phenoxy) is 1. The topological polar surface area (TPSA) is 34.2 Å². The second kappa shape index (κ2) is 6.47. The van der Waals surface area contributed by atoms with Gasteiger partial charge in [-0.1, -0.05) is 6.92 Å². The van der Waals surface area contributed by atoms with E-state index in [1.54, 1.807) is 11.3 Å². The number of hydrogen-bond acceptors (Lipinski definition) is 4. The molecular formula is C13H22N2OS. The summed E-state index contributed by atoms with van der Waals surface area (Å²) >= 11 is 1.76. The molecule has 0 aliphatic carbocycles. The highest BCUT2D eigenvalue weighted by molar-refractivity contribution is 7.09. The summed E-state index contributed by atoms with van der Waals surface area (Å²) in [4.78, 5) is 4.42. The van der Waals surface area contributed by atoms with Gasteiger partial charge in [0, 0.05) is 36.6 Å². The summed E-state index contributed by atoms with van der Waals surface area (Å²) in [7, 11) is 0. The minimum absolute atomic E-state index is 0.269. The number of thiazole rings is 1. The van der Waals surface area contributed by atoms with Gasteiger partial charge in [0.25, 0.3) is 0 Å². The van der Waals surface area contributed by atoms with E-state index in [1.165, 1.54) is 24.3 Å². The lowest BCUT2D eigenvalue weighted by atomic mass is 9.79. The van der Waals surface area contributed by atoms with Crippen LogP contribution in [0.4, 0.5) is 0 Å². The lowest BCUT2D eigenvalue weighted by molar-refractivity contribution is -0.00708. The summed E-state index contributed by atoms with van der Waals surface area (Å²) in [5.74, 6) is 0. The molecule has 1 saturated heterocycles. The smallest absolute Gasteiger partial charge is 0.0931 e. The lowest BCUT2D eigenvalue weighted by Crippen LogP contribution is -2.43. The molecule has 0 aromatic carbocycles. The molecule has 17 heavy (non-hydrogen) atoms. The molecule has 2 heterocycles. The standard InChI is InChI=1S/C13H22N2OS/c1-2-5-14-10-13(4-3-7-16-11-13)9-12-15-6-8-17-12/h6,8,14H,2-5,7,9-11H2,1H3. The lowest BCUT2D eigenvalue weighted by Gasteiger charge is -2.36. The van der Waals surface area contributed by atoms with Crippen molar-refractivity contribution in [3.05, 3.63) is 16.6 Å². The van der Waals surface area contributed by atoms with Crippen LogP contribution in [-0.2, 0) is 11.2 Å². The molecule has 4 heteroatoms. The van der Waals surface area contributed by atoms with E-state index in [4.69, 9.17) is 4.74 Å². The Morgan fingerprint density at radius 3 is 3.18 bits per heavy atom. The van der Waals surface area contributed by atoms with Crippen LogP contribution in [-0.4, -0.2) is 31.3 Å². The predicted molar refractivity (Wildman–Crippen MR) is 71.5 cm³/mol. The second-order valence-electron chi connectivity index (χ2n) is 4.94. The van der Waals surface area contributed by atoms with E-state index in [0.717, 1.165) is 32.7 Å². The van der Waals surface area contributed by atoms with Gasteiger partial charge in [-0.15, -0.1) is 11.3 Å². The molecule has 1 aromatic heterocycles. The fraction of sp³-hybridized carbons (Fsp3) is 0.769. The molecule has 0 radical (unpaired) electrons. The molecule has 1 aliphatic rings. The third kappa shape index (κ3) is 3.76. The van der Waals surface area contributed by atoms with Gasteiger partial charge in [-0.25, -0.2) is 4.98 Å². The molecule has 1 fully saturated rings. The summed E-state index contributed by atoms with van der Waals surface area (Å²) in [6.45, 7) is 6.16. The number of nitrogens with zero attached hydrogens (tertiary/aromatic N) is 1. The molecule has 0 saturated carbocycles. The van der Waals surface area contributed by atoms with Crippen LogP contribution in [0.25, 0.3) is 0 Å². The van der Waals surface area contributed by atoms with E-state index >= 15 is 0 Å². The molecular weight excluding hydrogens is 232 g/mol. The second-order valence-corrected chi connectivity index (χ2v) is 5.91. The van der Waals surface area contributed by atoms with E-state index in [2.05, 4.69) is 22.6 Å². The van der Waals surface area contributed by atoms with Gasteiger partial charge in [-0.05, 0) is 25.8 Å². The highest BCUT2D eigenvalue weighted by atomic mass is 32.1. The molecule has 96 valence electrons. The molecule has 1 aliphatic heterocycles. The highest BCUT2D eigenvalue weighted by Gasteiger charge is 2.33. The average molecular weight is 254 g/mol. The van der Waals surface area contributed by atoms with Crippen LogP contribution < -0.4 is 5.32 Å². The van der Waals surface area contributed by atoms with E-state index in [9.17, 15) is 0 Å². The zero-order chi connectivity index (χ0) is 12.0. The van der Waals surface area contributed by atoms with Crippen LogP contribution >= 0.6 is 11.3 Å². The van der Waals surface area contributed by atoms with Crippen LogP contribution in [0.2, 0.25) is 0 Å². The van der Waals surface area contributed by atoms with Crippen molar-refractivity contribution in [2.45, 2.75) is 32.6 Å². The first-order valence-corrected chi connectivity index (χ1v) is 7.39. The van der Waals surface area contributed by atoms with Crippen LogP contribution in [0.1, 0.15) is 31.2 Å². The third-order valence-corrected chi connectivity index (χ3v) is 4.12. The average Bonchev–Trinajstić information content (AvgIpc) is 2.83. The molecule has 0 spiro atoms. The SMILES string of the molecule is CCCNCC1(Cc2nccs2)CCCOC1. The van der Waals surface area contributed by atoms with Gasteiger partial charge >= 0.3 is 0 Å². The Morgan fingerprint density at radius 1 is 1.59 bits per heavy atom. The van der Waals surface area contributed by atoms with Crippen molar-refractivity contribution >= 4 is 11.3 Å². The first-order valence-electron chi connectivity index (χ1n) is 6.51.